The van der Waals surface area contributed by atoms with Crippen LogP contribution < -0.4 is 0 Å². The number of alkyl halides is 1. The summed E-state index contributed by atoms with van der Waals surface area (Å²) in [4.78, 5) is 0.539. The van der Waals surface area contributed by atoms with Crippen LogP contribution in [0.1, 0.15) is 13.3 Å². The van der Waals surface area contributed by atoms with Gasteiger partial charge in [-0.15, -0.1) is 0 Å². The van der Waals surface area contributed by atoms with Crippen LogP contribution in [0.2, 0.25) is 0 Å². The lowest BCUT2D eigenvalue weighted by atomic mass is 10.4. The summed E-state index contributed by atoms with van der Waals surface area (Å²) in [5.41, 5.74) is 0. The number of ether oxygens (including phenoxy) is 1. The van der Waals surface area contributed by atoms with Crippen LogP contribution in [0.5, 0.6) is 0 Å². The second-order valence-electron chi connectivity index (χ2n) is 1.46. The minimum absolute atomic E-state index is 0.539. The highest BCUT2D eigenvalue weighted by molar-refractivity contribution is 9.09. The summed E-state index contributed by atoms with van der Waals surface area (Å²) in [5, 5.41) is 0. The molecule has 44 valence electrons. The maximum Gasteiger partial charge on any atom is 0.0587 e. The first kappa shape index (κ1) is 7.44. The van der Waals surface area contributed by atoms with Crippen LogP contribution in [-0.2, 0) is 4.74 Å². The molecule has 2 heteroatoms. The van der Waals surface area contributed by atoms with Gasteiger partial charge in [-0.1, -0.05) is 22.9 Å². The molecule has 0 saturated carbocycles. The van der Waals surface area contributed by atoms with Crippen molar-refractivity contribution < 1.29 is 4.74 Å². The van der Waals surface area contributed by atoms with E-state index in [1.54, 1.807) is 7.11 Å². The van der Waals surface area contributed by atoms with Gasteiger partial charge in [0.05, 0.1) is 6.61 Å². The van der Waals surface area contributed by atoms with Crippen LogP contribution in [-0.4, -0.2) is 18.5 Å². The lowest BCUT2D eigenvalue weighted by Gasteiger charge is -2.01. The molecule has 0 heterocycles. The molecule has 1 unspecified atom stereocenters. The van der Waals surface area contributed by atoms with Gasteiger partial charge in [0, 0.05) is 11.9 Å². The quantitative estimate of drug-likeness (QED) is 0.582. The van der Waals surface area contributed by atoms with Crippen LogP contribution in [0.3, 0.4) is 0 Å². The van der Waals surface area contributed by atoms with Crippen molar-refractivity contribution in [2.45, 2.75) is 18.2 Å². The zero-order valence-electron chi connectivity index (χ0n) is 4.78. The first-order valence-electron chi connectivity index (χ1n) is 2.44. The summed E-state index contributed by atoms with van der Waals surface area (Å²) < 4.78 is 4.85. The molecule has 0 aliphatic rings. The highest BCUT2D eigenvalue weighted by Gasteiger charge is 1.95. The molecule has 0 radical (unpaired) electrons. The maximum absolute atomic E-state index is 4.85. The molecule has 0 bridgehead atoms. The number of rotatable bonds is 3. The Bertz CT molecular complexity index is 39.1. The molecule has 0 saturated heterocycles. The second-order valence-corrected chi connectivity index (χ2v) is 2.76. The van der Waals surface area contributed by atoms with E-state index in [4.69, 9.17) is 4.74 Å². The van der Waals surface area contributed by atoms with Crippen molar-refractivity contribution in [2.75, 3.05) is 13.7 Å². The first-order chi connectivity index (χ1) is 3.31. The van der Waals surface area contributed by atoms with E-state index >= 15 is 0 Å². The molecule has 0 rings (SSSR count). The topological polar surface area (TPSA) is 9.23 Å². The molecule has 0 aromatic heterocycles. The Morgan fingerprint density at radius 1 is 1.71 bits per heavy atom. The monoisotopic (exact) mass is 166 g/mol. The first-order valence-corrected chi connectivity index (χ1v) is 3.35. The van der Waals surface area contributed by atoms with Crippen molar-refractivity contribution in [2.24, 2.45) is 0 Å². The van der Waals surface area contributed by atoms with Crippen molar-refractivity contribution in [3.05, 3.63) is 0 Å². The number of methoxy groups -OCH3 is 1. The third kappa shape index (κ3) is 4.29. The van der Waals surface area contributed by atoms with Gasteiger partial charge < -0.3 is 4.74 Å². The van der Waals surface area contributed by atoms with E-state index in [0.717, 1.165) is 13.0 Å². The van der Waals surface area contributed by atoms with Gasteiger partial charge in [-0.2, -0.15) is 0 Å². The van der Waals surface area contributed by atoms with Crippen molar-refractivity contribution in [3.63, 3.8) is 0 Å². The fourth-order valence-electron chi connectivity index (χ4n) is 0.299. The average Bonchev–Trinajstić information content (AvgIpc) is 1.68. The molecule has 0 N–H and O–H groups in total. The highest BCUT2D eigenvalue weighted by atomic mass is 79.9. The second kappa shape index (κ2) is 4.60. The normalized spacial score (nSPS) is 14.1. The molecule has 0 aromatic rings. The molecule has 7 heavy (non-hydrogen) atoms. The summed E-state index contributed by atoms with van der Waals surface area (Å²) >= 11 is 3.41. The van der Waals surface area contributed by atoms with Gasteiger partial charge in [0.2, 0.25) is 0 Å². The minimum Gasteiger partial charge on any atom is -0.384 e. The predicted molar refractivity (Wildman–Crippen MR) is 34.9 cm³/mol. The third-order valence-corrected chi connectivity index (χ3v) is 1.70. The lowest BCUT2D eigenvalue weighted by Crippen LogP contribution is -2.03. The average molecular weight is 167 g/mol. The summed E-state index contributed by atoms with van der Waals surface area (Å²) in [7, 11) is 1.71. The Hall–Kier alpha value is 0.440. The third-order valence-electron chi connectivity index (χ3n) is 0.790. The zero-order valence-corrected chi connectivity index (χ0v) is 6.36. The largest absolute Gasteiger partial charge is 0.384 e. The number of hydrogen-bond acceptors (Lipinski definition) is 1. The van der Waals surface area contributed by atoms with Crippen LogP contribution in [0.4, 0.5) is 0 Å². The molecule has 0 aliphatic carbocycles. The van der Waals surface area contributed by atoms with Gasteiger partial charge in [0.25, 0.3) is 0 Å². The van der Waals surface area contributed by atoms with E-state index in [2.05, 4.69) is 22.9 Å². The Morgan fingerprint density at radius 2 is 2.29 bits per heavy atom. The predicted octanol–water partition coefficient (Wildman–Crippen LogP) is 1.81. The molecule has 0 fully saturated rings. The summed E-state index contributed by atoms with van der Waals surface area (Å²) in [6, 6.07) is 0. The van der Waals surface area contributed by atoms with Crippen molar-refractivity contribution >= 4 is 15.9 Å². The fourth-order valence-corrected chi connectivity index (χ4v) is 0.563. The van der Waals surface area contributed by atoms with E-state index in [9.17, 15) is 0 Å². The van der Waals surface area contributed by atoms with Gasteiger partial charge in [-0.05, 0) is 6.42 Å². The van der Waals surface area contributed by atoms with E-state index in [-0.39, 0.29) is 0 Å². The van der Waals surface area contributed by atoms with Crippen molar-refractivity contribution in [1.29, 1.82) is 0 Å². The van der Waals surface area contributed by atoms with E-state index in [1.807, 2.05) is 0 Å². The SMILES string of the molecule is CCC(Br)COC. The van der Waals surface area contributed by atoms with E-state index < -0.39 is 0 Å². The maximum atomic E-state index is 4.85. The molecule has 0 aliphatic heterocycles. The van der Waals surface area contributed by atoms with E-state index in [1.165, 1.54) is 0 Å². The van der Waals surface area contributed by atoms with Crippen LogP contribution in [0.15, 0.2) is 0 Å². The van der Waals surface area contributed by atoms with E-state index in [0.29, 0.717) is 4.83 Å². The Kier molecular flexibility index (Phi) is 4.88. The fraction of sp³-hybridized carbons (Fsp3) is 1.00. The van der Waals surface area contributed by atoms with Gasteiger partial charge in [-0.25, -0.2) is 0 Å². The summed E-state index contributed by atoms with van der Waals surface area (Å²) in [5.74, 6) is 0. The van der Waals surface area contributed by atoms with Gasteiger partial charge in [-0.3, -0.25) is 0 Å². The molecule has 1 nitrogen and oxygen atoms in total. The van der Waals surface area contributed by atoms with Crippen molar-refractivity contribution in [1.82, 2.24) is 0 Å². The molecular weight excluding hydrogens is 156 g/mol. The molecule has 1 atom stereocenters. The standard InChI is InChI=1S/C5H11BrO/c1-3-5(6)4-7-2/h5H,3-4H2,1-2H3. The lowest BCUT2D eigenvalue weighted by molar-refractivity contribution is 0.200. The van der Waals surface area contributed by atoms with Crippen LogP contribution in [0, 0.1) is 0 Å². The van der Waals surface area contributed by atoms with Crippen LogP contribution >= 0.6 is 15.9 Å². The van der Waals surface area contributed by atoms with Gasteiger partial charge in [0.1, 0.15) is 0 Å². The number of halogens is 1. The van der Waals surface area contributed by atoms with Gasteiger partial charge >= 0.3 is 0 Å². The Morgan fingerprint density at radius 3 is 2.43 bits per heavy atom. The minimum atomic E-state index is 0.539. The summed E-state index contributed by atoms with van der Waals surface area (Å²) in [6.45, 7) is 2.94. The highest BCUT2D eigenvalue weighted by Crippen LogP contribution is 2.02. The zero-order chi connectivity index (χ0) is 5.70. The van der Waals surface area contributed by atoms with Gasteiger partial charge in [0.15, 0.2) is 0 Å². The Balaban J connectivity index is 2.83. The molecule has 0 amide bonds. The molecule has 0 spiro atoms. The van der Waals surface area contributed by atoms with Crippen molar-refractivity contribution in [3.8, 4) is 0 Å². The summed E-state index contributed by atoms with van der Waals surface area (Å²) in [6.07, 6.45) is 1.13. The molecular formula is C5H11BrO. The number of hydrogen-bond donors (Lipinski definition) is 0. The molecule has 0 aromatic carbocycles. The van der Waals surface area contributed by atoms with Crippen LogP contribution in [0.25, 0.3) is 0 Å². The smallest absolute Gasteiger partial charge is 0.0587 e. The Labute approximate surface area is 53.2 Å².